The fourth-order valence-corrected chi connectivity index (χ4v) is 2.73. The summed E-state index contributed by atoms with van der Waals surface area (Å²) in [6, 6.07) is 0.967. The van der Waals surface area contributed by atoms with Crippen LogP contribution >= 0.6 is 0 Å². The van der Waals surface area contributed by atoms with Gasteiger partial charge in [0.1, 0.15) is 5.78 Å². The monoisotopic (exact) mass is 211 g/mol. The van der Waals surface area contributed by atoms with Crippen LogP contribution < -0.4 is 0 Å². The Morgan fingerprint density at radius 1 is 1.47 bits per heavy atom. The highest BCUT2D eigenvalue weighted by Crippen LogP contribution is 2.37. The lowest BCUT2D eigenvalue weighted by molar-refractivity contribution is -0.126. The van der Waals surface area contributed by atoms with Crippen LogP contribution in [0.25, 0.3) is 0 Å². The maximum absolute atomic E-state index is 11.6. The normalized spacial score (nSPS) is 26.3. The van der Waals surface area contributed by atoms with Crippen LogP contribution in [0.3, 0.4) is 0 Å². The summed E-state index contributed by atoms with van der Waals surface area (Å²) < 4.78 is 0. The van der Waals surface area contributed by atoms with Gasteiger partial charge in [0.05, 0.1) is 0 Å². The highest BCUT2D eigenvalue weighted by atomic mass is 16.1. The number of carbonyl (C=O) groups is 1. The van der Waals surface area contributed by atoms with Gasteiger partial charge in [0.2, 0.25) is 0 Å². The van der Waals surface area contributed by atoms with Crippen molar-refractivity contribution in [3.8, 4) is 0 Å². The Kier molecular flexibility index (Phi) is 3.93. The van der Waals surface area contributed by atoms with Gasteiger partial charge in [-0.05, 0) is 32.2 Å². The summed E-state index contributed by atoms with van der Waals surface area (Å²) in [7, 11) is 0. The lowest BCUT2D eigenvalue weighted by Crippen LogP contribution is -2.51. The van der Waals surface area contributed by atoms with Gasteiger partial charge in [0.15, 0.2) is 0 Å². The molecule has 0 aromatic carbocycles. The van der Waals surface area contributed by atoms with E-state index >= 15 is 0 Å². The lowest BCUT2D eigenvalue weighted by Gasteiger charge is -2.46. The Bertz CT molecular complexity index is 233. The first kappa shape index (κ1) is 12.7. The summed E-state index contributed by atoms with van der Waals surface area (Å²) in [5, 5.41) is 0. The zero-order valence-corrected chi connectivity index (χ0v) is 10.8. The number of hydrogen-bond donors (Lipinski definition) is 0. The van der Waals surface area contributed by atoms with Crippen molar-refractivity contribution >= 4 is 5.78 Å². The van der Waals surface area contributed by atoms with Gasteiger partial charge in [-0.25, -0.2) is 0 Å². The first-order valence-electron chi connectivity index (χ1n) is 6.16. The molecule has 1 unspecified atom stereocenters. The molecule has 2 nitrogen and oxygen atoms in total. The quantitative estimate of drug-likeness (QED) is 0.715. The Hall–Kier alpha value is -0.370. The average molecular weight is 211 g/mol. The number of rotatable bonds is 3. The zero-order chi connectivity index (χ0) is 11.6. The molecule has 0 aromatic heterocycles. The minimum atomic E-state index is 0.286. The number of ketones is 1. The summed E-state index contributed by atoms with van der Waals surface area (Å²) in [5.41, 5.74) is 0.286. The molecule has 0 saturated heterocycles. The fourth-order valence-electron chi connectivity index (χ4n) is 2.73. The van der Waals surface area contributed by atoms with Gasteiger partial charge in [0, 0.05) is 24.9 Å². The van der Waals surface area contributed by atoms with Crippen LogP contribution in [0.5, 0.6) is 0 Å². The summed E-state index contributed by atoms with van der Waals surface area (Å²) in [5.74, 6) is 0.443. The van der Waals surface area contributed by atoms with E-state index in [1.54, 1.807) is 0 Å². The van der Waals surface area contributed by atoms with E-state index in [2.05, 4.69) is 39.5 Å². The van der Waals surface area contributed by atoms with E-state index in [4.69, 9.17) is 0 Å². The largest absolute Gasteiger partial charge is 0.300 e. The van der Waals surface area contributed by atoms with E-state index in [0.29, 0.717) is 17.9 Å². The number of carbonyl (C=O) groups excluding carboxylic acids is 1. The Morgan fingerprint density at radius 3 is 2.53 bits per heavy atom. The highest BCUT2D eigenvalue weighted by molar-refractivity contribution is 5.80. The van der Waals surface area contributed by atoms with Gasteiger partial charge in [-0.1, -0.05) is 20.8 Å². The molecule has 0 aliphatic heterocycles. The van der Waals surface area contributed by atoms with Crippen molar-refractivity contribution in [3.05, 3.63) is 0 Å². The third kappa shape index (κ3) is 2.81. The van der Waals surface area contributed by atoms with Crippen molar-refractivity contribution in [3.63, 3.8) is 0 Å². The van der Waals surface area contributed by atoms with Crippen LogP contribution in [-0.4, -0.2) is 29.3 Å². The maximum Gasteiger partial charge on any atom is 0.134 e. The zero-order valence-electron chi connectivity index (χ0n) is 10.8. The van der Waals surface area contributed by atoms with E-state index in [-0.39, 0.29) is 5.41 Å². The first-order chi connectivity index (χ1) is 6.88. The Labute approximate surface area is 94.0 Å². The molecule has 1 saturated carbocycles. The van der Waals surface area contributed by atoms with E-state index in [1.165, 1.54) is 0 Å². The van der Waals surface area contributed by atoms with Crippen LogP contribution in [0.1, 0.15) is 53.9 Å². The van der Waals surface area contributed by atoms with Gasteiger partial charge in [-0.2, -0.15) is 0 Å². The molecule has 0 heterocycles. The maximum atomic E-state index is 11.6. The van der Waals surface area contributed by atoms with Gasteiger partial charge < -0.3 is 0 Å². The molecule has 0 spiro atoms. The van der Waals surface area contributed by atoms with Gasteiger partial charge in [0.25, 0.3) is 0 Å². The standard InChI is InChI=1S/C13H25NO/c1-6-14(10(2)3)12-9-11(15)7-8-13(12,4)5/h10,12H,6-9H2,1-5H3. The predicted molar refractivity (Wildman–Crippen MR) is 63.9 cm³/mol. The molecule has 1 atom stereocenters. The topological polar surface area (TPSA) is 20.3 Å². The molecule has 0 N–H and O–H groups in total. The lowest BCUT2D eigenvalue weighted by atomic mass is 9.71. The summed E-state index contributed by atoms with van der Waals surface area (Å²) in [6.07, 6.45) is 2.57. The van der Waals surface area contributed by atoms with Crippen LogP contribution in [0.2, 0.25) is 0 Å². The smallest absolute Gasteiger partial charge is 0.134 e. The van der Waals surface area contributed by atoms with E-state index in [1.807, 2.05) is 0 Å². The molecule has 0 aromatic rings. The fraction of sp³-hybridized carbons (Fsp3) is 0.923. The third-order valence-corrected chi connectivity index (χ3v) is 3.80. The summed E-state index contributed by atoms with van der Waals surface area (Å²) in [6.45, 7) is 12.3. The van der Waals surface area contributed by atoms with Gasteiger partial charge in [-0.15, -0.1) is 0 Å². The Balaban J connectivity index is 2.82. The molecule has 1 aliphatic carbocycles. The third-order valence-electron chi connectivity index (χ3n) is 3.80. The van der Waals surface area contributed by atoms with Crippen molar-refractivity contribution in [1.29, 1.82) is 0 Å². The average Bonchev–Trinajstić information content (AvgIpc) is 2.12. The van der Waals surface area contributed by atoms with E-state index in [9.17, 15) is 4.79 Å². The first-order valence-corrected chi connectivity index (χ1v) is 6.16. The second-order valence-electron chi connectivity index (χ2n) is 5.67. The highest BCUT2D eigenvalue weighted by Gasteiger charge is 2.39. The number of hydrogen-bond acceptors (Lipinski definition) is 2. The van der Waals surface area contributed by atoms with Crippen molar-refractivity contribution in [2.75, 3.05) is 6.54 Å². The Morgan fingerprint density at radius 2 is 2.07 bits per heavy atom. The van der Waals surface area contributed by atoms with Crippen LogP contribution in [0.4, 0.5) is 0 Å². The van der Waals surface area contributed by atoms with Crippen molar-refractivity contribution in [2.24, 2.45) is 5.41 Å². The molecule has 1 fully saturated rings. The van der Waals surface area contributed by atoms with Gasteiger partial charge in [-0.3, -0.25) is 9.69 Å². The molecule has 15 heavy (non-hydrogen) atoms. The second-order valence-corrected chi connectivity index (χ2v) is 5.67. The van der Waals surface area contributed by atoms with Crippen LogP contribution in [0.15, 0.2) is 0 Å². The minimum absolute atomic E-state index is 0.286. The molecular weight excluding hydrogens is 186 g/mol. The summed E-state index contributed by atoms with van der Waals surface area (Å²) in [4.78, 5) is 14.0. The molecule has 1 aliphatic rings. The van der Waals surface area contributed by atoms with E-state index < -0.39 is 0 Å². The van der Waals surface area contributed by atoms with Crippen LogP contribution in [0, 0.1) is 5.41 Å². The molecule has 0 radical (unpaired) electrons. The molecule has 2 heteroatoms. The molecule has 0 bridgehead atoms. The molecule has 0 amide bonds. The number of Topliss-reactive ketones (excluding diaryl/α,β-unsaturated/α-hetero) is 1. The number of nitrogens with zero attached hydrogens (tertiary/aromatic N) is 1. The summed E-state index contributed by atoms with van der Waals surface area (Å²) >= 11 is 0. The van der Waals surface area contributed by atoms with Crippen LogP contribution in [-0.2, 0) is 4.79 Å². The van der Waals surface area contributed by atoms with Crippen molar-refractivity contribution < 1.29 is 4.79 Å². The second kappa shape index (κ2) is 4.65. The van der Waals surface area contributed by atoms with E-state index in [0.717, 1.165) is 25.8 Å². The molecule has 88 valence electrons. The predicted octanol–water partition coefficient (Wildman–Crippen LogP) is 2.86. The van der Waals surface area contributed by atoms with Crippen molar-refractivity contribution in [1.82, 2.24) is 4.90 Å². The minimum Gasteiger partial charge on any atom is -0.300 e. The SMILES string of the molecule is CCN(C(C)C)C1CC(=O)CCC1(C)C. The van der Waals surface area contributed by atoms with Gasteiger partial charge >= 0.3 is 0 Å². The molecule has 1 rings (SSSR count). The van der Waals surface area contributed by atoms with Crippen molar-refractivity contribution in [2.45, 2.75) is 66.0 Å². The molecular formula is C13H25NO.